The fraction of sp³-hybridized carbons (Fsp3) is 0.100. The Morgan fingerprint density at radius 1 is 1.11 bits per heavy atom. The van der Waals surface area contributed by atoms with Gasteiger partial charge in [-0.15, -0.1) is 0 Å². The molecule has 7 nitrogen and oxygen atoms in total. The Morgan fingerprint density at radius 3 is 2.54 bits per heavy atom. The van der Waals surface area contributed by atoms with E-state index in [4.69, 9.17) is 16.0 Å². The van der Waals surface area contributed by atoms with Gasteiger partial charge in [-0.3, -0.25) is 14.6 Å². The van der Waals surface area contributed by atoms with E-state index in [1.165, 1.54) is 24.7 Å². The van der Waals surface area contributed by atoms with E-state index in [-0.39, 0.29) is 11.5 Å². The van der Waals surface area contributed by atoms with Crippen molar-refractivity contribution in [3.63, 3.8) is 0 Å². The molecule has 0 radical (unpaired) electrons. The molecule has 0 saturated heterocycles. The van der Waals surface area contributed by atoms with E-state index in [1.54, 1.807) is 24.3 Å². The molecule has 2 N–H and O–H groups in total. The molecule has 28 heavy (non-hydrogen) atoms. The van der Waals surface area contributed by atoms with Crippen LogP contribution in [0.15, 0.2) is 58.3 Å². The quantitative estimate of drug-likeness (QED) is 0.504. The summed E-state index contributed by atoms with van der Waals surface area (Å²) in [6.07, 6.45) is 4.42. The maximum absolute atomic E-state index is 12.5. The first-order valence-electron chi connectivity index (χ1n) is 8.35. The molecule has 0 bridgehead atoms. The van der Waals surface area contributed by atoms with Crippen LogP contribution in [0.1, 0.15) is 37.8 Å². The van der Waals surface area contributed by atoms with Crippen molar-refractivity contribution in [2.24, 2.45) is 5.10 Å². The van der Waals surface area contributed by atoms with Crippen molar-refractivity contribution in [3.05, 3.63) is 82.0 Å². The first-order valence-corrected chi connectivity index (χ1v) is 8.73. The molecule has 0 saturated carbocycles. The van der Waals surface area contributed by atoms with Crippen molar-refractivity contribution >= 4 is 35.3 Å². The number of furan rings is 1. The Labute approximate surface area is 166 Å². The highest BCUT2D eigenvalue weighted by molar-refractivity contribution is 6.31. The van der Waals surface area contributed by atoms with Gasteiger partial charge in [0.05, 0.1) is 17.5 Å². The smallest absolute Gasteiger partial charge is 0.273 e. The second-order valence-corrected chi connectivity index (χ2v) is 6.40. The van der Waals surface area contributed by atoms with E-state index in [9.17, 15) is 9.59 Å². The van der Waals surface area contributed by atoms with Gasteiger partial charge in [0.25, 0.3) is 11.8 Å². The van der Waals surface area contributed by atoms with Gasteiger partial charge in [0.1, 0.15) is 11.5 Å². The van der Waals surface area contributed by atoms with Gasteiger partial charge in [-0.05, 0) is 55.8 Å². The highest BCUT2D eigenvalue weighted by atomic mass is 35.5. The van der Waals surface area contributed by atoms with Gasteiger partial charge in [0.2, 0.25) is 0 Å². The Hall–Kier alpha value is -3.45. The zero-order chi connectivity index (χ0) is 20.1. The predicted octanol–water partition coefficient (Wildman–Crippen LogP) is 3.96. The topological polar surface area (TPSA) is 96.6 Å². The summed E-state index contributed by atoms with van der Waals surface area (Å²) in [7, 11) is 0. The maximum atomic E-state index is 12.5. The number of nitrogens with zero attached hydrogens (tertiary/aromatic N) is 2. The number of halogens is 1. The Balaban J connectivity index is 1.76. The number of benzene rings is 1. The number of aromatic nitrogens is 1. The molecule has 3 aromatic rings. The zero-order valence-electron chi connectivity index (χ0n) is 15.2. The van der Waals surface area contributed by atoms with Crippen molar-refractivity contribution in [2.45, 2.75) is 13.8 Å². The molecular formula is C20H17ClN4O3. The second-order valence-electron chi connectivity index (χ2n) is 5.97. The molecule has 0 fully saturated rings. The van der Waals surface area contributed by atoms with Crippen molar-refractivity contribution in [1.29, 1.82) is 0 Å². The third kappa shape index (κ3) is 4.63. The van der Waals surface area contributed by atoms with Crippen molar-refractivity contribution < 1.29 is 14.0 Å². The number of amides is 2. The summed E-state index contributed by atoms with van der Waals surface area (Å²) in [5, 5.41) is 6.95. The third-order valence-corrected chi connectivity index (χ3v) is 4.19. The molecule has 142 valence electrons. The normalized spacial score (nSPS) is 10.8. The SMILES string of the molecule is Cc1cc(C=NNC(=O)c2cc(Cl)ccc2NC(=O)c2ccncc2)oc1C. The number of carbonyl (C=O) groups is 2. The summed E-state index contributed by atoms with van der Waals surface area (Å²) < 4.78 is 5.46. The minimum Gasteiger partial charge on any atom is -0.460 e. The monoisotopic (exact) mass is 396 g/mol. The molecular weight excluding hydrogens is 380 g/mol. The van der Waals surface area contributed by atoms with Gasteiger partial charge in [0.15, 0.2) is 0 Å². The van der Waals surface area contributed by atoms with Crippen LogP contribution in [0.5, 0.6) is 0 Å². The number of anilines is 1. The van der Waals surface area contributed by atoms with Gasteiger partial charge >= 0.3 is 0 Å². The molecule has 0 aliphatic heterocycles. The number of rotatable bonds is 5. The lowest BCUT2D eigenvalue weighted by molar-refractivity contribution is 0.0956. The predicted molar refractivity (Wildman–Crippen MR) is 107 cm³/mol. The van der Waals surface area contributed by atoms with Crippen LogP contribution in [-0.2, 0) is 0 Å². The number of carbonyl (C=O) groups excluding carboxylic acids is 2. The van der Waals surface area contributed by atoms with Crippen LogP contribution in [0, 0.1) is 13.8 Å². The number of pyridine rings is 1. The van der Waals surface area contributed by atoms with E-state index in [1.807, 2.05) is 19.9 Å². The molecule has 1 aromatic carbocycles. The number of hydrogen-bond donors (Lipinski definition) is 2. The van der Waals surface area contributed by atoms with Crippen LogP contribution in [0.3, 0.4) is 0 Å². The molecule has 2 amide bonds. The largest absolute Gasteiger partial charge is 0.460 e. The van der Waals surface area contributed by atoms with Gasteiger partial charge in [-0.25, -0.2) is 5.43 Å². The lowest BCUT2D eigenvalue weighted by Crippen LogP contribution is -2.21. The fourth-order valence-electron chi connectivity index (χ4n) is 2.39. The summed E-state index contributed by atoms with van der Waals surface area (Å²) >= 11 is 6.01. The second kappa shape index (κ2) is 8.49. The van der Waals surface area contributed by atoms with Crippen LogP contribution < -0.4 is 10.7 Å². The minimum absolute atomic E-state index is 0.180. The van der Waals surface area contributed by atoms with Gasteiger partial charge in [0, 0.05) is 23.0 Å². The number of aryl methyl sites for hydroxylation is 2. The summed E-state index contributed by atoms with van der Waals surface area (Å²) in [6.45, 7) is 3.76. The van der Waals surface area contributed by atoms with E-state index >= 15 is 0 Å². The first kappa shape index (κ1) is 19.3. The van der Waals surface area contributed by atoms with Crippen LogP contribution in [-0.4, -0.2) is 23.0 Å². The summed E-state index contributed by atoms with van der Waals surface area (Å²) in [5.41, 5.74) is 4.30. The standard InChI is InChI=1S/C20H17ClN4O3/c1-12-9-16(28-13(12)2)11-23-25-20(27)17-10-15(21)3-4-18(17)24-19(26)14-5-7-22-8-6-14/h3-11H,1-2H3,(H,24,26)(H,25,27). The van der Waals surface area contributed by atoms with E-state index in [0.717, 1.165) is 11.3 Å². The Bertz CT molecular complexity index is 1030. The van der Waals surface area contributed by atoms with Gasteiger partial charge in [-0.2, -0.15) is 5.10 Å². The van der Waals surface area contributed by atoms with Crippen molar-refractivity contribution in [2.75, 3.05) is 5.32 Å². The molecule has 0 atom stereocenters. The molecule has 0 unspecified atom stereocenters. The maximum Gasteiger partial charge on any atom is 0.273 e. The molecule has 0 aliphatic carbocycles. The average Bonchev–Trinajstić information content (AvgIpc) is 3.01. The third-order valence-electron chi connectivity index (χ3n) is 3.96. The van der Waals surface area contributed by atoms with E-state index in [0.29, 0.717) is 22.0 Å². The van der Waals surface area contributed by atoms with Crippen LogP contribution in [0.2, 0.25) is 5.02 Å². The average molecular weight is 397 g/mol. The summed E-state index contributed by atoms with van der Waals surface area (Å²) in [6, 6.07) is 9.54. The number of nitrogens with one attached hydrogen (secondary N) is 2. The van der Waals surface area contributed by atoms with Gasteiger partial charge < -0.3 is 9.73 Å². The zero-order valence-corrected chi connectivity index (χ0v) is 15.9. The molecule has 8 heteroatoms. The summed E-state index contributed by atoms with van der Waals surface area (Å²) in [4.78, 5) is 28.8. The number of hydrogen-bond acceptors (Lipinski definition) is 5. The first-order chi connectivity index (χ1) is 13.4. The van der Waals surface area contributed by atoms with E-state index < -0.39 is 5.91 Å². The molecule has 0 spiro atoms. The van der Waals surface area contributed by atoms with Crippen molar-refractivity contribution in [1.82, 2.24) is 10.4 Å². The van der Waals surface area contributed by atoms with Crippen LogP contribution >= 0.6 is 11.6 Å². The fourth-order valence-corrected chi connectivity index (χ4v) is 2.56. The van der Waals surface area contributed by atoms with E-state index in [2.05, 4.69) is 20.8 Å². The lowest BCUT2D eigenvalue weighted by atomic mass is 10.1. The van der Waals surface area contributed by atoms with Crippen molar-refractivity contribution in [3.8, 4) is 0 Å². The number of hydrazone groups is 1. The highest BCUT2D eigenvalue weighted by Gasteiger charge is 2.15. The van der Waals surface area contributed by atoms with Crippen LogP contribution in [0.25, 0.3) is 0 Å². The molecule has 2 aromatic heterocycles. The molecule has 0 aliphatic rings. The van der Waals surface area contributed by atoms with Crippen LogP contribution in [0.4, 0.5) is 5.69 Å². The summed E-state index contributed by atoms with van der Waals surface area (Å²) in [5.74, 6) is 0.406. The molecule has 2 heterocycles. The van der Waals surface area contributed by atoms with Gasteiger partial charge in [-0.1, -0.05) is 11.6 Å². The highest BCUT2D eigenvalue weighted by Crippen LogP contribution is 2.21. The molecule has 3 rings (SSSR count). The Morgan fingerprint density at radius 2 is 1.86 bits per heavy atom. The Kier molecular flexibility index (Phi) is 5.86. The lowest BCUT2D eigenvalue weighted by Gasteiger charge is -2.10. The minimum atomic E-state index is -0.524.